The summed E-state index contributed by atoms with van der Waals surface area (Å²) in [6, 6.07) is 0. The molecule has 1 atom stereocenters. The molecule has 0 aromatic rings. The van der Waals surface area contributed by atoms with E-state index in [9.17, 15) is 4.79 Å². The maximum absolute atomic E-state index is 11.8. The van der Waals surface area contributed by atoms with Crippen molar-refractivity contribution in [1.82, 2.24) is 0 Å². The number of ketones is 1. The molecule has 1 nitrogen and oxygen atoms in total. The van der Waals surface area contributed by atoms with Gasteiger partial charge in [0.2, 0.25) is 0 Å². The summed E-state index contributed by atoms with van der Waals surface area (Å²) in [5.74, 6) is 0.300. The molecule has 0 spiro atoms. The molecule has 0 rings (SSSR count). The molecule has 0 radical (unpaired) electrons. The van der Waals surface area contributed by atoms with Gasteiger partial charge in [-0.25, -0.2) is 0 Å². The summed E-state index contributed by atoms with van der Waals surface area (Å²) in [7, 11) is 0. The van der Waals surface area contributed by atoms with E-state index >= 15 is 0 Å². The fraction of sp³-hybridized carbons (Fsp3) is 0.923. The fourth-order valence-corrected chi connectivity index (χ4v) is 3.25. The van der Waals surface area contributed by atoms with Crippen LogP contribution in [0, 0.1) is 5.41 Å². The number of Topliss-reactive ketones (excluding diaryl/α,β-unsaturated/α-hetero) is 1. The number of hydrogen-bond acceptors (Lipinski definition) is 1. The molecule has 0 saturated heterocycles. The Balaban J connectivity index is 4.29. The number of halogens is 2. The minimum absolute atomic E-state index is 0.134. The second-order valence-corrected chi connectivity index (χ2v) is 9.74. The Hall–Kier alpha value is 0.630. The lowest BCUT2D eigenvalue weighted by atomic mass is 9.77. The zero-order valence-corrected chi connectivity index (χ0v) is 14.1. The van der Waals surface area contributed by atoms with Crippen LogP contribution in [-0.2, 0) is 4.79 Å². The standard InChI is InChI=1S/C13H24Br2O/c1-5-6-7-8-9-12(3,11(2)16)10-13(4,14)15/h5-10H2,1-4H3. The van der Waals surface area contributed by atoms with E-state index in [1.54, 1.807) is 6.92 Å². The van der Waals surface area contributed by atoms with Gasteiger partial charge in [-0.2, -0.15) is 0 Å². The fourth-order valence-electron chi connectivity index (χ4n) is 2.02. The lowest BCUT2D eigenvalue weighted by molar-refractivity contribution is -0.126. The van der Waals surface area contributed by atoms with Crippen molar-refractivity contribution in [3.05, 3.63) is 0 Å². The Bertz CT molecular complexity index is 220. The molecule has 0 aromatic carbocycles. The Morgan fingerprint density at radius 1 is 1.12 bits per heavy atom. The van der Waals surface area contributed by atoms with E-state index in [-0.39, 0.29) is 8.65 Å². The van der Waals surface area contributed by atoms with E-state index in [1.807, 2.05) is 0 Å². The van der Waals surface area contributed by atoms with Crippen molar-refractivity contribution in [2.75, 3.05) is 0 Å². The third-order valence-corrected chi connectivity index (χ3v) is 3.69. The Morgan fingerprint density at radius 3 is 2.06 bits per heavy atom. The van der Waals surface area contributed by atoms with Crippen molar-refractivity contribution in [3.63, 3.8) is 0 Å². The first kappa shape index (κ1) is 16.6. The van der Waals surface area contributed by atoms with Crippen LogP contribution in [0.15, 0.2) is 0 Å². The van der Waals surface area contributed by atoms with Crippen molar-refractivity contribution in [2.24, 2.45) is 5.41 Å². The maximum Gasteiger partial charge on any atom is 0.135 e. The summed E-state index contributed by atoms with van der Waals surface area (Å²) < 4.78 is -0.134. The average Bonchev–Trinajstić information content (AvgIpc) is 2.09. The average molecular weight is 356 g/mol. The van der Waals surface area contributed by atoms with Crippen molar-refractivity contribution < 1.29 is 4.79 Å². The molecular weight excluding hydrogens is 332 g/mol. The second-order valence-electron chi connectivity index (χ2n) is 5.17. The lowest BCUT2D eigenvalue weighted by Gasteiger charge is -2.31. The van der Waals surface area contributed by atoms with Gasteiger partial charge in [0.1, 0.15) is 5.78 Å². The van der Waals surface area contributed by atoms with Crippen LogP contribution in [0.4, 0.5) is 0 Å². The first-order valence-electron chi connectivity index (χ1n) is 6.10. The van der Waals surface area contributed by atoms with E-state index in [0.717, 1.165) is 19.3 Å². The quantitative estimate of drug-likeness (QED) is 0.418. The van der Waals surface area contributed by atoms with E-state index in [2.05, 4.69) is 52.6 Å². The first-order chi connectivity index (χ1) is 7.21. The number of carbonyl (C=O) groups is 1. The molecule has 0 aromatic heterocycles. The second kappa shape index (κ2) is 7.15. The third-order valence-electron chi connectivity index (χ3n) is 3.13. The summed E-state index contributed by atoms with van der Waals surface area (Å²) >= 11 is 7.14. The van der Waals surface area contributed by atoms with Gasteiger partial charge in [-0.15, -0.1) is 0 Å². The van der Waals surface area contributed by atoms with Gasteiger partial charge in [0.25, 0.3) is 0 Å². The minimum atomic E-state index is -0.199. The van der Waals surface area contributed by atoms with Crippen molar-refractivity contribution >= 4 is 37.6 Å². The lowest BCUT2D eigenvalue weighted by Crippen LogP contribution is -2.31. The van der Waals surface area contributed by atoms with E-state index in [0.29, 0.717) is 5.78 Å². The van der Waals surface area contributed by atoms with E-state index in [4.69, 9.17) is 0 Å². The van der Waals surface area contributed by atoms with E-state index < -0.39 is 0 Å². The van der Waals surface area contributed by atoms with Crippen LogP contribution in [-0.4, -0.2) is 9.02 Å². The van der Waals surface area contributed by atoms with Crippen LogP contribution in [0.3, 0.4) is 0 Å². The Labute approximate surface area is 117 Å². The molecule has 96 valence electrons. The maximum atomic E-state index is 11.8. The molecule has 0 amide bonds. The molecular formula is C13H24Br2O. The Kier molecular flexibility index (Phi) is 7.43. The molecule has 0 saturated carbocycles. The molecule has 0 aliphatic heterocycles. The highest BCUT2D eigenvalue weighted by Crippen LogP contribution is 2.42. The summed E-state index contributed by atoms with van der Waals surface area (Å²) in [5, 5.41) is 0. The number of rotatable bonds is 8. The van der Waals surface area contributed by atoms with Gasteiger partial charge in [-0.1, -0.05) is 71.4 Å². The van der Waals surface area contributed by atoms with Crippen molar-refractivity contribution in [3.8, 4) is 0 Å². The molecule has 1 unspecified atom stereocenters. The van der Waals surface area contributed by atoms with Gasteiger partial charge < -0.3 is 0 Å². The predicted molar refractivity (Wildman–Crippen MR) is 78.4 cm³/mol. The van der Waals surface area contributed by atoms with Gasteiger partial charge in [-0.3, -0.25) is 4.79 Å². The van der Waals surface area contributed by atoms with Crippen molar-refractivity contribution in [2.45, 2.75) is 69.5 Å². The molecule has 0 fully saturated rings. The zero-order chi connectivity index (χ0) is 12.8. The number of hydrogen-bond donors (Lipinski definition) is 0. The number of unbranched alkanes of at least 4 members (excludes halogenated alkanes) is 3. The molecule has 16 heavy (non-hydrogen) atoms. The normalized spacial score (nSPS) is 15.9. The summed E-state index contributed by atoms with van der Waals surface area (Å²) in [4.78, 5) is 11.8. The van der Waals surface area contributed by atoms with Crippen LogP contribution >= 0.6 is 31.9 Å². The summed E-state index contributed by atoms with van der Waals surface area (Å²) in [6.45, 7) is 8.06. The molecule has 0 aliphatic carbocycles. The first-order valence-corrected chi connectivity index (χ1v) is 7.69. The minimum Gasteiger partial charge on any atom is -0.299 e. The number of alkyl halides is 2. The van der Waals surface area contributed by atoms with Crippen molar-refractivity contribution in [1.29, 1.82) is 0 Å². The topological polar surface area (TPSA) is 17.1 Å². The molecule has 3 heteroatoms. The third kappa shape index (κ3) is 7.05. The highest BCUT2D eigenvalue weighted by atomic mass is 79.9. The highest BCUT2D eigenvalue weighted by Gasteiger charge is 2.35. The van der Waals surface area contributed by atoms with Crippen LogP contribution in [0.25, 0.3) is 0 Å². The summed E-state index contributed by atoms with van der Waals surface area (Å²) in [6.07, 6.45) is 6.73. The largest absolute Gasteiger partial charge is 0.299 e. The monoisotopic (exact) mass is 354 g/mol. The van der Waals surface area contributed by atoms with Crippen LogP contribution in [0.5, 0.6) is 0 Å². The smallest absolute Gasteiger partial charge is 0.135 e. The SMILES string of the molecule is CCCCCCC(C)(CC(C)(Br)Br)C(C)=O. The van der Waals surface area contributed by atoms with E-state index in [1.165, 1.54) is 19.3 Å². The summed E-state index contributed by atoms with van der Waals surface area (Å²) in [5.41, 5.74) is -0.199. The highest BCUT2D eigenvalue weighted by molar-refractivity contribution is 9.25. The van der Waals surface area contributed by atoms with Crippen LogP contribution in [0.1, 0.15) is 66.2 Å². The van der Waals surface area contributed by atoms with Gasteiger partial charge in [0, 0.05) is 5.41 Å². The molecule has 0 aliphatic rings. The molecule has 0 N–H and O–H groups in total. The van der Waals surface area contributed by atoms with Crippen LogP contribution < -0.4 is 0 Å². The van der Waals surface area contributed by atoms with Gasteiger partial charge in [0.05, 0.1) is 3.23 Å². The van der Waals surface area contributed by atoms with Gasteiger partial charge >= 0.3 is 0 Å². The molecule has 0 heterocycles. The van der Waals surface area contributed by atoms with Gasteiger partial charge in [0.15, 0.2) is 0 Å². The zero-order valence-electron chi connectivity index (χ0n) is 10.9. The number of carbonyl (C=O) groups excluding carboxylic acids is 1. The van der Waals surface area contributed by atoms with Gasteiger partial charge in [-0.05, 0) is 26.7 Å². The predicted octanol–water partition coefficient (Wildman–Crippen LogP) is 5.45. The van der Waals surface area contributed by atoms with Crippen LogP contribution in [0.2, 0.25) is 0 Å². The molecule has 0 bridgehead atoms. The Morgan fingerprint density at radius 2 is 1.69 bits per heavy atom.